The van der Waals surface area contributed by atoms with Gasteiger partial charge < -0.3 is 9.84 Å². The van der Waals surface area contributed by atoms with Crippen LogP contribution in [-0.2, 0) is 14.9 Å². The summed E-state index contributed by atoms with van der Waals surface area (Å²) in [4.78, 5) is 22.2. The topological polar surface area (TPSA) is 122 Å². The number of hydrogen-bond acceptors (Lipinski definition) is 5. The molecule has 1 rings (SSSR count). The number of amides is 1. The van der Waals surface area contributed by atoms with Crippen molar-refractivity contribution in [1.29, 1.82) is 0 Å². The summed E-state index contributed by atoms with van der Waals surface area (Å²) in [5, 5.41) is 9.06. The van der Waals surface area contributed by atoms with Crippen LogP contribution in [0.2, 0.25) is 0 Å². The number of ether oxygens (including phenoxy) is 1. The Morgan fingerprint density at radius 3 is 2.43 bits per heavy atom. The minimum absolute atomic E-state index is 0.0220. The molecule has 0 fully saturated rings. The fourth-order valence-corrected chi connectivity index (χ4v) is 2.35. The molecule has 0 aliphatic carbocycles. The highest BCUT2D eigenvalue weighted by atomic mass is 32.2. The highest BCUT2D eigenvalue weighted by Gasteiger charge is 2.17. The van der Waals surface area contributed by atoms with Crippen molar-refractivity contribution in [2.45, 2.75) is 20.8 Å². The molecule has 21 heavy (non-hydrogen) atoms. The lowest BCUT2D eigenvalue weighted by atomic mass is 10.0. The quantitative estimate of drug-likeness (QED) is 0.755. The number of carboxylic acids is 1. The summed E-state index contributed by atoms with van der Waals surface area (Å²) in [5.74, 6) is -1.17. The van der Waals surface area contributed by atoms with Crippen molar-refractivity contribution in [3.8, 4) is 0 Å². The van der Waals surface area contributed by atoms with Crippen molar-refractivity contribution in [3.63, 3.8) is 0 Å². The second-order valence-corrected chi connectivity index (χ2v) is 5.61. The second-order valence-electron chi connectivity index (χ2n) is 4.20. The van der Waals surface area contributed by atoms with Crippen molar-refractivity contribution >= 4 is 28.0 Å². The number of hydrogen-bond donors (Lipinski definition) is 3. The third kappa shape index (κ3) is 4.63. The average Bonchev–Trinajstić information content (AvgIpc) is 2.32. The van der Waals surface area contributed by atoms with Crippen LogP contribution >= 0.6 is 0 Å². The predicted octanol–water partition coefficient (Wildman–Crippen LogP) is 1.40. The maximum atomic E-state index is 11.7. The van der Waals surface area contributed by atoms with Gasteiger partial charge in [-0.1, -0.05) is 0 Å². The monoisotopic (exact) mass is 316 g/mol. The van der Waals surface area contributed by atoms with Crippen molar-refractivity contribution in [2.24, 2.45) is 0 Å². The van der Waals surface area contributed by atoms with E-state index in [9.17, 15) is 18.0 Å². The van der Waals surface area contributed by atoms with E-state index in [-0.39, 0.29) is 17.9 Å². The van der Waals surface area contributed by atoms with E-state index in [0.717, 1.165) is 0 Å². The van der Waals surface area contributed by atoms with Gasteiger partial charge in [0.2, 0.25) is 0 Å². The zero-order valence-corrected chi connectivity index (χ0v) is 12.6. The van der Waals surface area contributed by atoms with E-state index >= 15 is 0 Å². The molecule has 0 bridgehead atoms. The van der Waals surface area contributed by atoms with E-state index in [1.165, 1.54) is 19.1 Å². The third-order valence-corrected chi connectivity index (χ3v) is 3.58. The Bertz CT molecular complexity index is 669. The first-order valence-corrected chi connectivity index (χ1v) is 7.46. The van der Waals surface area contributed by atoms with Crippen LogP contribution in [0.15, 0.2) is 12.1 Å². The number of carbonyl (C=O) groups excluding carboxylic acids is 1. The fourth-order valence-electron chi connectivity index (χ4n) is 1.59. The molecular formula is C12H16N2O6S. The number of rotatable bonds is 5. The molecule has 0 atom stereocenters. The summed E-state index contributed by atoms with van der Waals surface area (Å²) >= 11 is 0. The number of aryl methyl sites for hydroxylation is 1. The minimum Gasteiger partial charge on any atom is -0.478 e. The van der Waals surface area contributed by atoms with Gasteiger partial charge in [0.15, 0.2) is 0 Å². The van der Waals surface area contributed by atoms with Crippen molar-refractivity contribution in [3.05, 3.63) is 28.8 Å². The molecule has 8 nitrogen and oxygen atoms in total. The molecule has 0 aliphatic heterocycles. The van der Waals surface area contributed by atoms with Gasteiger partial charge >= 0.3 is 22.3 Å². The summed E-state index contributed by atoms with van der Waals surface area (Å²) in [5.41, 5.74) is 1.14. The first-order chi connectivity index (χ1) is 9.66. The molecule has 0 spiro atoms. The van der Waals surface area contributed by atoms with Gasteiger partial charge in [0.05, 0.1) is 17.9 Å². The van der Waals surface area contributed by atoms with E-state index in [0.29, 0.717) is 11.1 Å². The number of aromatic carboxylic acids is 1. The van der Waals surface area contributed by atoms with Gasteiger partial charge in [-0.2, -0.15) is 8.42 Å². The van der Waals surface area contributed by atoms with Crippen molar-refractivity contribution in [2.75, 3.05) is 11.3 Å². The molecule has 1 aromatic carbocycles. The number of carboxylic acid groups (broad SMARTS) is 1. The van der Waals surface area contributed by atoms with Gasteiger partial charge in [-0.25, -0.2) is 14.3 Å². The Hall–Kier alpha value is -2.29. The lowest BCUT2D eigenvalue weighted by Gasteiger charge is -2.12. The molecule has 0 saturated heterocycles. The van der Waals surface area contributed by atoms with Gasteiger partial charge in [0.25, 0.3) is 0 Å². The van der Waals surface area contributed by atoms with Crippen LogP contribution in [0, 0.1) is 13.8 Å². The molecular weight excluding hydrogens is 300 g/mol. The Morgan fingerprint density at radius 2 is 1.90 bits per heavy atom. The van der Waals surface area contributed by atoms with Crippen LogP contribution < -0.4 is 9.44 Å². The molecule has 1 amide bonds. The Labute approximate surface area is 122 Å². The number of carbonyl (C=O) groups is 2. The van der Waals surface area contributed by atoms with Crippen LogP contribution in [0.5, 0.6) is 0 Å². The summed E-state index contributed by atoms with van der Waals surface area (Å²) in [6.45, 7) is 4.82. The smallest absolute Gasteiger partial charge is 0.422 e. The summed E-state index contributed by atoms with van der Waals surface area (Å²) in [7, 11) is -4.20. The standard InChI is InChI=1S/C12H16N2O6S/c1-4-20-12(17)14-21(18,19)13-9-5-7(2)8(3)10(6-9)11(15)16/h5-6,13H,4H2,1-3H3,(H,14,17)(H,15,16). The fraction of sp³-hybridized carbons (Fsp3) is 0.333. The molecule has 0 radical (unpaired) electrons. The number of benzene rings is 1. The molecule has 116 valence electrons. The number of nitrogens with one attached hydrogen (secondary N) is 2. The van der Waals surface area contributed by atoms with E-state index in [2.05, 4.69) is 9.46 Å². The Balaban J connectivity index is 3.03. The Kier molecular flexibility index (Phi) is 5.14. The van der Waals surface area contributed by atoms with Crippen LogP contribution in [0.25, 0.3) is 0 Å². The predicted molar refractivity (Wildman–Crippen MR) is 75.6 cm³/mol. The maximum Gasteiger partial charge on any atom is 0.422 e. The number of anilines is 1. The van der Waals surface area contributed by atoms with Gasteiger partial charge in [-0.05, 0) is 44.0 Å². The van der Waals surface area contributed by atoms with E-state index in [4.69, 9.17) is 5.11 Å². The van der Waals surface area contributed by atoms with Gasteiger partial charge in [-0.15, -0.1) is 0 Å². The van der Waals surface area contributed by atoms with Crippen molar-refractivity contribution < 1.29 is 27.9 Å². The first kappa shape index (κ1) is 16.8. The largest absolute Gasteiger partial charge is 0.478 e. The lowest BCUT2D eigenvalue weighted by Crippen LogP contribution is -2.35. The third-order valence-electron chi connectivity index (χ3n) is 2.64. The minimum atomic E-state index is -4.20. The first-order valence-electron chi connectivity index (χ1n) is 5.98. The molecule has 9 heteroatoms. The van der Waals surface area contributed by atoms with E-state index in [1.54, 1.807) is 18.6 Å². The lowest BCUT2D eigenvalue weighted by molar-refractivity contribution is 0.0696. The van der Waals surface area contributed by atoms with Crippen LogP contribution in [0.3, 0.4) is 0 Å². The van der Waals surface area contributed by atoms with Crippen molar-refractivity contribution in [1.82, 2.24) is 4.72 Å². The van der Waals surface area contributed by atoms with Crippen LogP contribution in [-0.4, -0.2) is 32.2 Å². The average molecular weight is 316 g/mol. The summed E-state index contributed by atoms with van der Waals surface area (Å²) in [6.07, 6.45) is -1.12. The highest BCUT2D eigenvalue weighted by molar-refractivity contribution is 7.91. The van der Waals surface area contributed by atoms with Crippen LogP contribution in [0.1, 0.15) is 28.4 Å². The molecule has 3 N–H and O–H groups in total. The van der Waals surface area contributed by atoms with Gasteiger partial charge in [-0.3, -0.25) is 4.72 Å². The maximum absolute atomic E-state index is 11.7. The van der Waals surface area contributed by atoms with Gasteiger partial charge in [0, 0.05) is 0 Å². The van der Waals surface area contributed by atoms with E-state index in [1.807, 2.05) is 0 Å². The second kappa shape index (κ2) is 6.44. The summed E-state index contributed by atoms with van der Waals surface area (Å²) < 4.78 is 31.5. The molecule has 0 heterocycles. The normalized spacial score (nSPS) is 10.8. The Morgan fingerprint density at radius 1 is 1.29 bits per heavy atom. The SMILES string of the molecule is CCOC(=O)NS(=O)(=O)Nc1cc(C)c(C)c(C(=O)O)c1. The summed E-state index contributed by atoms with van der Waals surface area (Å²) in [6, 6.07) is 2.64. The molecule has 1 aromatic rings. The molecule has 0 aliphatic rings. The molecule has 0 aromatic heterocycles. The van der Waals surface area contributed by atoms with Crippen LogP contribution in [0.4, 0.5) is 10.5 Å². The van der Waals surface area contributed by atoms with E-state index < -0.39 is 22.3 Å². The zero-order chi connectivity index (χ0) is 16.2. The van der Waals surface area contributed by atoms with Gasteiger partial charge in [0.1, 0.15) is 0 Å². The molecule has 0 saturated carbocycles. The zero-order valence-electron chi connectivity index (χ0n) is 11.8. The molecule has 0 unspecified atom stereocenters. The highest BCUT2D eigenvalue weighted by Crippen LogP contribution is 2.20.